The molecule has 2 nitrogen and oxygen atoms in total. The Morgan fingerprint density at radius 1 is 1.05 bits per heavy atom. The van der Waals surface area contributed by atoms with E-state index in [-0.39, 0.29) is 6.04 Å². The van der Waals surface area contributed by atoms with Crippen molar-refractivity contribution in [3.63, 3.8) is 0 Å². The molecule has 4 rings (SSSR count). The monoisotopic (exact) mass is 283 g/mol. The van der Waals surface area contributed by atoms with Crippen LogP contribution in [0.25, 0.3) is 0 Å². The number of ether oxygens (including phenoxy) is 1. The lowest BCUT2D eigenvalue weighted by Gasteiger charge is -2.25. The summed E-state index contributed by atoms with van der Waals surface area (Å²) in [6.07, 6.45) is 1.07. The Morgan fingerprint density at radius 2 is 1.85 bits per heavy atom. The van der Waals surface area contributed by atoms with Gasteiger partial charge in [-0.3, -0.25) is 0 Å². The van der Waals surface area contributed by atoms with Gasteiger partial charge < -0.3 is 4.74 Å². The molecule has 1 heterocycles. The van der Waals surface area contributed by atoms with Crippen LogP contribution in [-0.2, 0) is 11.2 Å². The van der Waals surface area contributed by atoms with Crippen molar-refractivity contribution in [2.45, 2.75) is 12.5 Å². The lowest BCUT2D eigenvalue weighted by molar-refractivity contribution is 0.199. The van der Waals surface area contributed by atoms with Gasteiger partial charge in [0.1, 0.15) is 0 Å². The van der Waals surface area contributed by atoms with E-state index in [0.717, 1.165) is 29.5 Å². The van der Waals surface area contributed by atoms with Crippen molar-refractivity contribution in [1.82, 2.24) is 0 Å². The van der Waals surface area contributed by atoms with Gasteiger partial charge in [-0.2, -0.15) is 0 Å². The summed E-state index contributed by atoms with van der Waals surface area (Å²) >= 11 is 5.93. The highest BCUT2D eigenvalue weighted by molar-refractivity contribution is 6.30. The van der Waals surface area contributed by atoms with Gasteiger partial charge in [0.15, 0.2) is 0 Å². The second-order valence-corrected chi connectivity index (χ2v) is 5.80. The van der Waals surface area contributed by atoms with Crippen LogP contribution in [0, 0.1) is 5.92 Å². The molecule has 2 aliphatic rings. The van der Waals surface area contributed by atoms with E-state index >= 15 is 0 Å². The first-order chi connectivity index (χ1) is 9.81. The zero-order valence-electron chi connectivity index (χ0n) is 10.9. The van der Waals surface area contributed by atoms with Crippen LogP contribution in [0.1, 0.15) is 22.7 Å². The van der Waals surface area contributed by atoms with Gasteiger partial charge in [0.2, 0.25) is 5.90 Å². The number of aliphatic imine (C=N–C) groups is 1. The summed E-state index contributed by atoms with van der Waals surface area (Å²) in [6, 6.07) is 16.5. The lowest BCUT2D eigenvalue weighted by Crippen LogP contribution is -2.24. The molecule has 20 heavy (non-hydrogen) atoms. The lowest BCUT2D eigenvalue weighted by atomic mass is 10.0. The Bertz CT molecular complexity index is 678. The number of fused-ring (bicyclic) bond motifs is 3. The standard InChI is InChI=1S/C17H14ClNO/c18-14-7-5-11(6-8-14)17-19-16-13(10-20-17)9-12-3-1-2-4-15(12)16/h1-8,13,16H,9-10H2/t13-,16+/m1/s1. The largest absolute Gasteiger partial charge is 0.477 e. The van der Waals surface area contributed by atoms with Crippen LogP contribution >= 0.6 is 11.6 Å². The average Bonchev–Trinajstić information content (AvgIpc) is 2.86. The van der Waals surface area contributed by atoms with E-state index < -0.39 is 0 Å². The third kappa shape index (κ3) is 1.92. The number of nitrogens with zero attached hydrogens (tertiary/aromatic N) is 1. The van der Waals surface area contributed by atoms with Gasteiger partial charge in [-0.25, -0.2) is 4.99 Å². The summed E-state index contributed by atoms with van der Waals surface area (Å²) in [4.78, 5) is 4.84. The summed E-state index contributed by atoms with van der Waals surface area (Å²) in [5.74, 6) is 1.21. The SMILES string of the molecule is Clc1ccc(C2=N[C@@H]3c4ccccc4C[C@@H]3CO2)cc1. The molecule has 1 aliphatic heterocycles. The Kier molecular flexibility index (Phi) is 2.78. The molecular formula is C17H14ClNO. The molecule has 0 saturated heterocycles. The fourth-order valence-corrected chi connectivity index (χ4v) is 3.21. The molecule has 0 spiro atoms. The first-order valence-corrected chi connectivity index (χ1v) is 7.23. The predicted octanol–water partition coefficient (Wildman–Crippen LogP) is 4.03. The molecule has 0 amide bonds. The van der Waals surface area contributed by atoms with Crippen LogP contribution in [-0.4, -0.2) is 12.5 Å². The van der Waals surface area contributed by atoms with Gasteiger partial charge in [-0.05, 0) is 41.8 Å². The van der Waals surface area contributed by atoms with E-state index in [1.165, 1.54) is 11.1 Å². The number of halogens is 1. The fraction of sp³-hybridized carbons (Fsp3) is 0.235. The predicted molar refractivity (Wildman–Crippen MR) is 80.3 cm³/mol. The summed E-state index contributed by atoms with van der Waals surface area (Å²) in [5, 5.41) is 0.731. The number of hydrogen-bond donors (Lipinski definition) is 0. The van der Waals surface area contributed by atoms with Gasteiger partial charge in [0.05, 0.1) is 12.6 Å². The molecular weight excluding hydrogens is 270 g/mol. The second-order valence-electron chi connectivity index (χ2n) is 5.36. The van der Waals surface area contributed by atoms with Crippen molar-refractivity contribution in [2.24, 2.45) is 10.9 Å². The van der Waals surface area contributed by atoms with Gasteiger partial charge in [-0.1, -0.05) is 35.9 Å². The molecule has 2 atom stereocenters. The van der Waals surface area contributed by atoms with Crippen molar-refractivity contribution >= 4 is 17.5 Å². The minimum atomic E-state index is 0.241. The molecule has 0 aromatic heterocycles. The van der Waals surface area contributed by atoms with E-state index in [1.807, 2.05) is 24.3 Å². The van der Waals surface area contributed by atoms with Crippen LogP contribution in [0.5, 0.6) is 0 Å². The zero-order chi connectivity index (χ0) is 13.5. The van der Waals surface area contributed by atoms with Gasteiger partial charge in [-0.15, -0.1) is 0 Å². The highest BCUT2D eigenvalue weighted by atomic mass is 35.5. The molecule has 0 fully saturated rings. The van der Waals surface area contributed by atoms with E-state index in [1.54, 1.807) is 0 Å². The van der Waals surface area contributed by atoms with Gasteiger partial charge in [0, 0.05) is 16.5 Å². The van der Waals surface area contributed by atoms with E-state index in [2.05, 4.69) is 24.3 Å². The zero-order valence-corrected chi connectivity index (χ0v) is 11.7. The molecule has 0 saturated carbocycles. The average molecular weight is 284 g/mol. The normalized spacial score (nSPS) is 23.6. The van der Waals surface area contributed by atoms with Crippen LogP contribution in [0.15, 0.2) is 53.5 Å². The highest BCUT2D eigenvalue weighted by Crippen LogP contribution is 2.41. The van der Waals surface area contributed by atoms with E-state index in [4.69, 9.17) is 21.3 Å². The van der Waals surface area contributed by atoms with Crippen molar-refractivity contribution in [1.29, 1.82) is 0 Å². The Labute approximate surface area is 123 Å². The molecule has 3 heteroatoms. The molecule has 1 aliphatic carbocycles. The smallest absolute Gasteiger partial charge is 0.216 e. The molecule has 2 aromatic carbocycles. The van der Waals surface area contributed by atoms with Crippen molar-refractivity contribution < 1.29 is 4.74 Å². The maximum absolute atomic E-state index is 5.93. The van der Waals surface area contributed by atoms with Gasteiger partial charge >= 0.3 is 0 Å². The minimum Gasteiger partial charge on any atom is -0.477 e. The van der Waals surface area contributed by atoms with Crippen LogP contribution in [0.2, 0.25) is 5.02 Å². The number of rotatable bonds is 1. The third-order valence-corrected chi connectivity index (χ3v) is 4.34. The topological polar surface area (TPSA) is 21.6 Å². The summed E-state index contributed by atoms with van der Waals surface area (Å²) in [6.45, 7) is 0.737. The molecule has 0 N–H and O–H groups in total. The second kappa shape index (κ2) is 4.64. The quantitative estimate of drug-likeness (QED) is 0.774. The molecule has 2 aromatic rings. The first-order valence-electron chi connectivity index (χ1n) is 6.85. The van der Waals surface area contributed by atoms with Crippen LogP contribution in [0.3, 0.4) is 0 Å². The number of benzene rings is 2. The molecule has 0 bridgehead atoms. The summed E-state index contributed by atoms with van der Waals surface area (Å²) in [7, 11) is 0. The fourth-order valence-electron chi connectivity index (χ4n) is 3.08. The molecule has 100 valence electrons. The first kappa shape index (κ1) is 12.0. The van der Waals surface area contributed by atoms with E-state index in [0.29, 0.717) is 5.92 Å². The summed E-state index contributed by atoms with van der Waals surface area (Å²) < 4.78 is 5.86. The summed E-state index contributed by atoms with van der Waals surface area (Å²) in [5.41, 5.74) is 3.76. The van der Waals surface area contributed by atoms with Crippen molar-refractivity contribution in [3.8, 4) is 0 Å². The van der Waals surface area contributed by atoms with Crippen molar-refractivity contribution in [2.75, 3.05) is 6.61 Å². The van der Waals surface area contributed by atoms with Crippen LogP contribution in [0.4, 0.5) is 0 Å². The minimum absolute atomic E-state index is 0.241. The molecule has 0 radical (unpaired) electrons. The third-order valence-electron chi connectivity index (χ3n) is 4.08. The van der Waals surface area contributed by atoms with Gasteiger partial charge in [0.25, 0.3) is 0 Å². The molecule has 0 unspecified atom stereocenters. The Morgan fingerprint density at radius 3 is 2.70 bits per heavy atom. The highest BCUT2D eigenvalue weighted by Gasteiger charge is 2.36. The van der Waals surface area contributed by atoms with E-state index in [9.17, 15) is 0 Å². The Hall–Kier alpha value is -1.80. The Balaban J connectivity index is 1.73. The maximum Gasteiger partial charge on any atom is 0.216 e. The van der Waals surface area contributed by atoms with Crippen molar-refractivity contribution in [3.05, 3.63) is 70.2 Å². The number of hydrogen-bond acceptors (Lipinski definition) is 2. The maximum atomic E-state index is 5.93. The van der Waals surface area contributed by atoms with Crippen LogP contribution < -0.4 is 0 Å².